The summed E-state index contributed by atoms with van der Waals surface area (Å²) >= 11 is 0. The molecule has 0 spiro atoms. The van der Waals surface area contributed by atoms with Gasteiger partial charge in [0.1, 0.15) is 6.42 Å². The fourth-order valence-corrected chi connectivity index (χ4v) is 0.831. The minimum Gasteiger partial charge on any atom is -0.466 e. The largest absolute Gasteiger partial charge is 0.466 e. The van der Waals surface area contributed by atoms with E-state index in [0.717, 1.165) is 5.92 Å². The van der Waals surface area contributed by atoms with Gasteiger partial charge in [0.2, 0.25) is 0 Å². The first kappa shape index (κ1) is 18.3. The molecular formula is C13H26O4. The molecule has 4 nitrogen and oxygen atoms in total. The van der Waals surface area contributed by atoms with Gasteiger partial charge in [0, 0.05) is 0 Å². The number of carbonyl (C=O) groups excluding carboxylic acids is 2. The molecule has 0 unspecified atom stereocenters. The number of ether oxygens (including phenoxy) is 2. The molecule has 0 bridgehead atoms. The quantitative estimate of drug-likeness (QED) is 0.534. The third kappa shape index (κ3) is 14.9. The normalized spacial score (nSPS) is 9.29. The number of hydrogen-bond donors (Lipinski definition) is 0. The minimum absolute atomic E-state index is 0.290. The molecule has 0 saturated heterocycles. The van der Waals surface area contributed by atoms with Gasteiger partial charge in [-0.1, -0.05) is 33.6 Å². The van der Waals surface area contributed by atoms with Crippen molar-refractivity contribution in [2.45, 2.75) is 53.9 Å². The highest BCUT2D eigenvalue weighted by molar-refractivity contribution is 5.91. The molecule has 0 N–H and O–H groups in total. The first-order valence-electron chi connectivity index (χ1n) is 6.32. The Kier molecular flexibility index (Phi) is 14.0. The molecule has 17 heavy (non-hydrogen) atoms. The molecule has 0 saturated carbocycles. The molecular weight excluding hydrogens is 220 g/mol. The highest BCUT2D eigenvalue weighted by atomic mass is 16.5. The van der Waals surface area contributed by atoms with Crippen molar-refractivity contribution in [1.29, 1.82) is 0 Å². The summed E-state index contributed by atoms with van der Waals surface area (Å²) in [5.41, 5.74) is 0. The van der Waals surface area contributed by atoms with Crippen LogP contribution in [0.2, 0.25) is 0 Å². The lowest BCUT2D eigenvalue weighted by Gasteiger charge is -2.00. The fourth-order valence-electron chi connectivity index (χ4n) is 0.831. The maximum absolute atomic E-state index is 10.6. The number of esters is 2. The van der Waals surface area contributed by atoms with Crippen LogP contribution in [0.4, 0.5) is 0 Å². The molecule has 4 heteroatoms. The van der Waals surface area contributed by atoms with Gasteiger partial charge < -0.3 is 9.47 Å². The van der Waals surface area contributed by atoms with E-state index >= 15 is 0 Å². The van der Waals surface area contributed by atoms with E-state index in [1.807, 2.05) is 0 Å². The molecule has 0 radical (unpaired) electrons. The van der Waals surface area contributed by atoms with E-state index in [1.54, 1.807) is 13.8 Å². The van der Waals surface area contributed by atoms with Crippen LogP contribution in [0.1, 0.15) is 53.9 Å². The van der Waals surface area contributed by atoms with Crippen LogP contribution >= 0.6 is 0 Å². The van der Waals surface area contributed by atoms with Crippen LogP contribution in [0.5, 0.6) is 0 Å². The van der Waals surface area contributed by atoms with Crippen LogP contribution in [-0.2, 0) is 19.1 Å². The molecule has 0 aromatic rings. The van der Waals surface area contributed by atoms with E-state index in [4.69, 9.17) is 0 Å². The Morgan fingerprint density at radius 1 is 0.882 bits per heavy atom. The van der Waals surface area contributed by atoms with Crippen LogP contribution in [0.15, 0.2) is 0 Å². The molecule has 0 rings (SSSR count). The van der Waals surface area contributed by atoms with Crippen molar-refractivity contribution in [2.24, 2.45) is 5.92 Å². The average Bonchev–Trinajstić information content (AvgIpc) is 2.29. The zero-order chi connectivity index (χ0) is 13.7. The maximum Gasteiger partial charge on any atom is 0.317 e. The van der Waals surface area contributed by atoms with E-state index in [9.17, 15) is 9.59 Å². The van der Waals surface area contributed by atoms with Gasteiger partial charge in [-0.2, -0.15) is 0 Å². The minimum atomic E-state index is -0.536. The number of hydrogen-bond acceptors (Lipinski definition) is 4. The van der Waals surface area contributed by atoms with Gasteiger partial charge >= 0.3 is 11.9 Å². The van der Waals surface area contributed by atoms with E-state index in [2.05, 4.69) is 30.2 Å². The Morgan fingerprint density at radius 2 is 1.24 bits per heavy atom. The van der Waals surface area contributed by atoms with Gasteiger partial charge in [-0.05, 0) is 19.8 Å². The maximum atomic E-state index is 10.6. The van der Waals surface area contributed by atoms with Gasteiger partial charge in [-0.25, -0.2) is 0 Å². The zero-order valence-electron chi connectivity index (χ0n) is 11.7. The third-order valence-electron chi connectivity index (χ3n) is 2.29. The first-order valence-corrected chi connectivity index (χ1v) is 6.32. The van der Waals surface area contributed by atoms with Crippen LogP contribution in [0.25, 0.3) is 0 Å². The molecule has 0 aliphatic heterocycles. The number of carbonyl (C=O) groups is 2. The summed E-state index contributed by atoms with van der Waals surface area (Å²) in [4.78, 5) is 21.2. The lowest BCUT2D eigenvalue weighted by Crippen LogP contribution is -2.13. The summed E-state index contributed by atoms with van der Waals surface area (Å²) in [5, 5.41) is 0. The van der Waals surface area contributed by atoms with Crippen molar-refractivity contribution >= 4 is 11.9 Å². The Hall–Kier alpha value is -1.06. The van der Waals surface area contributed by atoms with E-state index < -0.39 is 11.9 Å². The zero-order valence-corrected chi connectivity index (χ0v) is 11.7. The second-order valence-electron chi connectivity index (χ2n) is 3.71. The van der Waals surface area contributed by atoms with Gasteiger partial charge in [0.05, 0.1) is 13.2 Å². The molecule has 0 atom stereocenters. The second-order valence-corrected chi connectivity index (χ2v) is 3.71. The predicted octanol–water partition coefficient (Wildman–Crippen LogP) is 2.95. The summed E-state index contributed by atoms with van der Waals surface area (Å²) in [7, 11) is 0. The highest BCUT2D eigenvalue weighted by Crippen LogP contribution is 2.02. The topological polar surface area (TPSA) is 52.6 Å². The van der Waals surface area contributed by atoms with Crippen molar-refractivity contribution in [3.05, 3.63) is 0 Å². The van der Waals surface area contributed by atoms with Crippen LogP contribution in [0.3, 0.4) is 0 Å². The van der Waals surface area contributed by atoms with Crippen LogP contribution in [0, 0.1) is 5.92 Å². The Bertz CT molecular complexity index is 182. The summed E-state index contributed by atoms with van der Waals surface area (Å²) in [6, 6.07) is 0. The predicted molar refractivity (Wildman–Crippen MR) is 67.6 cm³/mol. The molecule has 0 amide bonds. The highest BCUT2D eigenvalue weighted by Gasteiger charge is 2.09. The smallest absolute Gasteiger partial charge is 0.317 e. The molecule has 0 aromatic carbocycles. The molecule has 0 aromatic heterocycles. The second kappa shape index (κ2) is 13.0. The Labute approximate surface area is 105 Å². The molecule has 0 aliphatic rings. The molecule has 0 heterocycles. The van der Waals surface area contributed by atoms with Crippen molar-refractivity contribution in [3.63, 3.8) is 0 Å². The first-order chi connectivity index (χ1) is 8.01. The van der Waals surface area contributed by atoms with Gasteiger partial charge in [-0.3, -0.25) is 9.59 Å². The molecule has 0 aliphatic carbocycles. The van der Waals surface area contributed by atoms with Gasteiger partial charge in [-0.15, -0.1) is 0 Å². The summed E-state index contributed by atoms with van der Waals surface area (Å²) < 4.78 is 9.04. The van der Waals surface area contributed by atoms with Gasteiger partial charge in [0.25, 0.3) is 0 Å². The van der Waals surface area contributed by atoms with E-state index in [0.29, 0.717) is 0 Å². The van der Waals surface area contributed by atoms with E-state index in [1.165, 1.54) is 12.8 Å². The standard InChI is InChI=1S/C7H12O4.C6H14/c1-3-10-6(8)5-7(9)11-4-2;1-4-6(3)5-2/h3-5H2,1-2H3;6H,4-5H2,1-3H3. The molecule has 102 valence electrons. The summed E-state index contributed by atoms with van der Waals surface area (Å²) in [6.07, 6.45) is 2.37. The van der Waals surface area contributed by atoms with Crippen LogP contribution in [-0.4, -0.2) is 25.2 Å². The Balaban J connectivity index is 0. The molecule has 0 fully saturated rings. The average molecular weight is 246 g/mol. The number of rotatable bonds is 6. The SMILES string of the molecule is CCC(C)CC.CCOC(=O)CC(=O)OCC. The van der Waals surface area contributed by atoms with Crippen molar-refractivity contribution in [2.75, 3.05) is 13.2 Å². The Morgan fingerprint density at radius 3 is 1.41 bits per heavy atom. The van der Waals surface area contributed by atoms with Crippen LogP contribution < -0.4 is 0 Å². The van der Waals surface area contributed by atoms with Crippen molar-refractivity contribution in [1.82, 2.24) is 0 Å². The van der Waals surface area contributed by atoms with Gasteiger partial charge in [0.15, 0.2) is 0 Å². The third-order valence-corrected chi connectivity index (χ3v) is 2.29. The summed E-state index contributed by atoms with van der Waals surface area (Å²) in [6.45, 7) is 10.7. The fraction of sp³-hybridized carbons (Fsp3) is 0.846. The van der Waals surface area contributed by atoms with E-state index in [-0.39, 0.29) is 19.6 Å². The monoisotopic (exact) mass is 246 g/mol. The lowest BCUT2D eigenvalue weighted by atomic mass is 10.1. The summed E-state index contributed by atoms with van der Waals surface area (Å²) in [5.74, 6) is -0.137. The van der Waals surface area contributed by atoms with Crippen molar-refractivity contribution < 1.29 is 19.1 Å². The lowest BCUT2D eigenvalue weighted by molar-refractivity contribution is -0.153. The van der Waals surface area contributed by atoms with Crippen molar-refractivity contribution in [3.8, 4) is 0 Å².